The number of benzene rings is 1. The van der Waals surface area contributed by atoms with E-state index in [0.717, 1.165) is 24.9 Å². The molecule has 18 heavy (non-hydrogen) atoms. The molecule has 0 aliphatic heterocycles. The minimum Gasteiger partial charge on any atom is -0.506 e. The predicted octanol–water partition coefficient (Wildman–Crippen LogP) is 2.75. The van der Waals surface area contributed by atoms with Crippen LogP contribution in [-0.2, 0) is 6.54 Å². The highest BCUT2D eigenvalue weighted by Gasteiger charge is 2.21. The first-order chi connectivity index (χ1) is 8.56. The van der Waals surface area contributed by atoms with Gasteiger partial charge in [0, 0.05) is 18.6 Å². The number of phenolic OH excluding ortho intramolecular Hbond substituents is 1. The lowest BCUT2D eigenvalue weighted by Crippen LogP contribution is -2.38. The Morgan fingerprint density at radius 1 is 1.33 bits per heavy atom. The first kappa shape index (κ1) is 13.7. The molecule has 1 aromatic carbocycles. The SMILES string of the molecule is CN(Cc1ccc(O)c(Cl)c1)C1CCC(N)CC1. The molecule has 1 fully saturated rings. The Bertz CT molecular complexity index is 403. The van der Waals surface area contributed by atoms with Crippen LogP contribution in [0.25, 0.3) is 0 Å². The number of phenols is 1. The number of hydrogen-bond acceptors (Lipinski definition) is 3. The zero-order valence-corrected chi connectivity index (χ0v) is 11.5. The van der Waals surface area contributed by atoms with Crippen molar-refractivity contribution in [2.45, 2.75) is 44.3 Å². The largest absolute Gasteiger partial charge is 0.506 e. The highest BCUT2D eigenvalue weighted by atomic mass is 35.5. The molecule has 1 aromatic rings. The number of nitrogens with two attached hydrogens (primary N) is 1. The second-order valence-corrected chi connectivity index (χ2v) is 5.68. The Morgan fingerprint density at radius 2 is 2.00 bits per heavy atom. The van der Waals surface area contributed by atoms with Crippen molar-refractivity contribution in [3.63, 3.8) is 0 Å². The molecule has 0 saturated heterocycles. The smallest absolute Gasteiger partial charge is 0.134 e. The molecule has 1 aliphatic rings. The summed E-state index contributed by atoms with van der Waals surface area (Å²) in [7, 11) is 2.14. The topological polar surface area (TPSA) is 49.5 Å². The van der Waals surface area contributed by atoms with Crippen molar-refractivity contribution in [1.29, 1.82) is 0 Å². The van der Waals surface area contributed by atoms with Gasteiger partial charge in [-0.3, -0.25) is 4.90 Å². The predicted molar refractivity (Wildman–Crippen MR) is 74.8 cm³/mol. The average Bonchev–Trinajstić information content (AvgIpc) is 2.34. The normalized spacial score (nSPS) is 24.4. The second-order valence-electron chi connectivity index (χ2n) is 5.27. The van der Waals surface area contributed by atoms with Crippen molar-refractivity contribution < 1.29 is 5.11 Å². The van der Waals surface area contributed by atoms with E-state index in [4.69, 9.17) is 17.3 Å². The molecule has 0 bridgehead atoms. The first-order valence-electron chi connectivity index (χ1n) is 6.49. The van der Waals surface area contributed by atoms with Gasteiger partial charge in [0.05, 0.1) is 5.02 Å². The van der Waals surface area contributed by atoms with Crippen molar-refractivity contribution in [3.8, 4) is 5.75 Å². The standard InChI is InChI=1S/C14H21ClN2O/c1-17(12-5-3-11(16)4-6-12)9-10-2-7-14(18)13(15)8-10/h2,7-8,11-12,18H,3-6,9,16H2,1H3. The van der Waals surface area contributed by atoms with Crippen LogP contribution < -0.4 is 5.73 Å². The van der Waals surface area contributed by atoms with Gasteiger partial charge in [-0.05, 0) is 50.4 Å². The molecule has 0 atom stereocenters. The molecule has 0 amide bonds. The third-order valence-electron chi connectivity index (χ3n) is 3.81. The van der Waals surface area contributed by atoms with Crippen molar-refractivity contribution >= 4 is 11.6 Å². The van der Waals surface area contributed by atoms with Crippen molar-refractivity contribution in [3.05, 3.63) is 28.8 Å². The van der Waals surface area contributed by atoms with E-state index in [9.17, 15) is 5.11 Å². The minimum absolute atomic E-state index is 0.145. The summed E-state index contributed by atoms with van der Waals surface area (Å²) in [5.41, 5.74) is 7.06. The molecule has 100 valence electrons. The first-order valence-corrected chi connectivity index (χ1v) is 6.87. The average molecular weight is 269 g/mol. The maximum atomic E-state index is 9.40. The third kappa shape index (κ3) is 3.37. The van der Waals surface area contributed by atoms with Crippen LogP contribution in [0.1, 0.15) is 31.2 Å². The van der Waals surface area contributed by atoms with Crippen LogP contribution in [0.2, 0.25) is 5.02 Å². The van der Waals surface area contributed by atoms with E-state index < -0.39 is 0 Å². The summed E-state index contributed by atoms with van der Waals surface area (Å²) < 4.78 is 0. The number of aromatic hydroxyl groups is 1. The molecule has 1 saturated carbocycles. The Labute approximate surface area is 114 Å². The number of halogens is 1. The van der Waals surface area contributed by atoms with Crippen LogP contribution >= 0.6 is 11.6 Å². The van der Waals surface area contributed by atoms with Crippen molar-refractivity contribution in [2.24, 2.45) is 5.73 Å². The quantitative estimate of drug-likeness (QED) is 0.886. The van der Waals surface area contributed by atoms with Crippen molar-refractivity contribution in [1.82, 2.24) is 4.90 Å². The second kappa shape index (κ2) is 5.91. The van der Waals surface area contributed by atoms with Crippen LogP contribution in [-0.4, -0.2) is 29.1 Å². The summed E-state index contributed by atoms with van der Waals surface area (Å²) >= 11 is 5.92. The Morgan fingerprint density at radius 3 is 2.61 bits per heavy atom. The molecule has 0 aromatic heterocycles. The molecule has 4 heteroatoms. The summed E-state index contributed by atoms with van der Waals surface area (Å²) in [4.78, 5) is 2.36. The van der Waals surface area contributed by atoms with E-state index in [1.165, 1.54) is 12.8 Å². The van der Waals surface area contributed by atoms with E-state index in [1.807, 2.05) is 12.1 Å². The number of nitrogens with zero attached hydrogens (tertiary/aromatic N) is 1. The Kier molecular flexibility index (Phi) is 4.49. The maximum Gasteiger partial charge on any atom is 0.134 e. The summed E-state index contributed by atoms with van der Waals surface area (Å²) in [6, 6.07) is 6.41. The van der Waals surface area contributed by atoms with Gasteiger partial charge in [-0.1, -0.05) is 17.7 Å². The fourth-order valence-corrected chi connectivity index (χ4v) is 2.81. The number of rotatable bonds is 3. The van der Waals surface area contributed by atoms with E-state index >= 15 is 0 Å². The monoisotopic (exact) mass is 268 g/mol. The van der Waals surface area contributed by atoms with E-state index in [1.54, 1.807) is 6.07 Å². The maximum absolute atomic E-state index is 9.40. The van der Waals surface area contributed by atoms with Gasteiger partial charge in [-0.25, -0.2) is 0 Å². The molecule has 1 aliphatic carbocycles. The Balaban J connectivity index is 1.94. The van der Waals surface area contributed by atoms with Gasteiger partial charge < -0.3 is 10.8 Å². The third-order valence-corrected chi connectivity index (χ3v) is 4.11. The summed E-state index contributed by atoms with van der Waals surface area (Å²) in [6.07, 6.45) is 4.57. The fraction of sp³-hybridized carbons (Fsp3) is 0.571. The summed E-state index contributed by atoms with van der Waals surface area (Å²) in [5, 5.41) is 9.82. The minimum atomic E-state index is 0.145. The zero-order valence-electron chi connectivity index (χ0n) is 10.8. The van der Waals surface area contributed by atoms with Gasteiger partial charge in [-0.15, -0.1) is 0 Å². The van der Waals surface area contributed by atoms with Crippen LogP contribution in [0.3, 0.4) is 0 Å². The lowest BCUT2D eigenvalue weighted by Gasteiger charge is -2.33. The summed E-state index contributed by atoms with van der Waals surface area (Å²) in [6.45, 7) is 0.861. The van der Waals surface area contributed by atoms with Crippen LogP contribution in [0.5, 0.6) is 5.75 Å². The van der Waals surface area contributed by atoms with Gasteiger partial charge in [0.1, 0.15) is 5.75 Å². The van der Waals surface area contributed by atoms with Gasteiger partial charge >= 0.3 is 0 Å². The summed E-state index contributed by atoms with van der Waals surface area (Å²) in [5.74, 6) is 0.145. The van der Waals surface area contributed by atoms with Crippen LogP contribution in [0.4, 0.5) is 0 Å². The number of hydrogen-bond donors (Lipinski definition) is 2. The molecule has 0 radical (unpaired) electrons. The lowest BCUT2D eigenvalue weighted by atomic mass is 9.91. The molecule has 2 rings (SSSR count). The van der Waals surface area contributed by atoms with Gasteiger partial charge in [-0.2, -0.15) is 0 Å². The molecular weight excluding hydrogens is 248 g/mol. The van der Waals surface area contributed by atoms with Crippen LogP contribution in [0.15, 0.2) is 18.2 Å². The van der Waals surface area contributed by atoms with E-state index in [0.29, 0.717) is 17.1 Å². The van der Waals surface area contributed by atoms with Crippen LogP contribution in [0, 0.1) is 0 Å². The Hall–Kier alpha value is -0.770. The highest BCUT2D eigenvalue weighted by molar-refractivity contribution is 6.32. The molecule has 3 N–H and O–H groups in total. The molecule has 0 heterocycles. The van der Waals surface area contributed by atoms with Crippen molar-refractivity contribution in [2.75, 3.05) is 7.05 Å². The van der Waals surface area contributed by atoms with E-state index in [-0.39, 0.29) is 5.75 Å². The fourth-order valence-electron chi connectivity index (χ4n) is 2.61. The molecular formula is C14H21ClN2O. The zero-order chi connectivity index (χ0) is 13.1. The molecule has 0 unspecified atom stereocenters. The highest BCUT2D eigenvalue weighted by Crippen LogP contribution is 2.26. The molecule has 0 spiro atoms. The van der Waals surface area contributed by atoms with Gasteiger partial charge in [0.15, 0.2) is 0 Å². The van der Waals surface area contributed by atoms with E-state index in [2.05, 4.69) is 11.9 Å². The lowest BCUT2D eigenvalue weighted by molar-refractivity contribution is 0.176. The van der Waals surface area contributed by atoms with Gasteiger partial charge in [0.25, 0.3) is 0 Å². The van der Waals surface area contributed by atoms with Gasteiger partial charge in [0.2, 0.25) is 0 Å². The molecule has 3 nitrogen and oxygen atoms in total.